The number of rotatable bonds is 7. The number of hydrogen-bond acceptors (Lipinski definition) is 7. The second-order valence-electron chi connectivity index (χ2n) is 10.3. The van der Waals surface area contributed by atoms with Crippen molar-refractivity contribution in [3.8, 4) is 22.8 Å². The minimum Gasteiger partial charge on any atom is -0.497 e. The van der Waals surface area contributed by atoms with Crippen molar-refractivity contribution in [1.29, 1.82) is 0 Å². The van der Waals surface area contributed by atoms with Gasteiger partial charge in [-0.25, -0.2) is 9.50 Å². The number of benzene rings is 2. The number of aromatic nitrogens is 3. The quantitative estimate of drug-likeness (QED) is 0.340. The first-order valence-electron chi connectivity index (χ1n) is 13.5. The molecular formula is C30H32F3N5O4. The van der Waals surface area contributed by atoms with Crippen LogP contribution in [0.15, 0.2) is 54.7 Å². The molecule has 1 fully saturated rings. The lowest BCUT2D eigenvalue weighted by Crippen LogP contribution is -2.55. The summed E-state index contributed by atoms with van der Waals surface area (Å²) >= 11 is 0. The van der Waals surface area contributed by atoms with E-state index in [0.717, 1.165) is 11.8 Å². The zero-order valence-corrected chi connectivity index (χ0v) is 23.7. The fraction of sp³-hybridized carbons (Fsp3) is 0.367. The predicted molar refractivity (Wildman–Crippen MR) is 150 cm³/mol. The summed E-state index contributed by atoms with van der Waals surface area (Å²) in [5, 5.41) is 14.2. The minimum absolute atomic E-state index is 0.00979. The van der Waals surface area contributed by atoms with Crippen LogP contribution in [0.2, 0.25) is 0 Å². The topological polar surface area (TPSA) is 92.4 Å². The maximum absolute atomic E-state index is 14.3. The van der Waals surface area contributed by atoms with Crippen molar-refractivity contribution < 1.29 is 32.5 Å². The van der Waals surface area contributed by atoms with E-state index in [1.165, 1.54) is 14.0 Å². The van der Waals surface area contributed by atoms with E-state index in [2.05, 4.69) is 15.0 Å². The lowest BCUT2D eigenvalue weighted by atomic mass is 10.0. The predicted octanol–water partition coefficient (Wildman–Crippen LogP) is 4.62. The third-order valence-corrected chi connectivity index (χ3v) is 7.78. The molecule has 2 aromatic heterocycles. The molecule has 12 heteroatoms. The number of amides is 1. The summed E-state index contributed by atoms with van der Waals surface area (Å²) in [4.78, 5) is 22.1. The van der Waals surface area contributed by atoms with Crippen molar-refractivity contribution in [1.82, 2.24) is 24.4 Å². The molecule has 222 valence electrons. The van der Waals surface area contributed by atoms with E-state index in [-0.39, 0.29) is 41.2 Å². The first-order chi connectivity index (χ1) is 20.1. The van der Waals surface area contributed by atoms with Crippen molar-refractivity contribution >= 4 is 11.6 Å². The zero-order valence-electron chi connectivity index (χ0n) is 23.7. The van der Waals surface area contributed by atoms with Crippen molar-refractivity contribution in [2.45, 2.75) is 32.1 Å². The van der Waals surface area contributed by atoms with Gasteiger partial charge in [-0.15, -0.1) is 0 Å². The van der Waals surface area contributed by atoms with E-state index in [1.807, 2.05) is 31.2 Å². The van der Waals surface area contributed by atoms with Crippen LogP contribution >= 0.6 is 0 Å². The molecular weight excluding hydrogens is 551 g/mol. The monoisotopic (exact) mass is 583 g/mol. The van der Waals surface area contributed by atoms with Gasteiger partial charge in [-0.2, -0.15) is 18.3 Å². The van der Waals surface area contributed by atoms with Crippen molar-refractivity contribution in [2.24, 2.45) is 0 Å². The summed E-state index contributed by atoms with van der Waals surface area (Å²) in [6.45, 7) is 4.34. The largest absolute Gasteiger partial charge is 0.497 e. The number of nitrogens with zero attached hydrogens (tertiary/aromatic N) is 5. The van der Waals surface area contributed by atoms with Gasteiger partial charge in [-0.1, -0.05) is 12.1 Å². The SMILES string of the molecule is COc1ccc(-c2nc3c(C(=O)N4CCN(C(CO)c5ccc(OC)cc5)C[C@H]4C)cnn3c(C(F)(F)F)c2C)cc1. The Morgan fingerprint density at radius 3 is 2.21 bits per heavy atom. The van der Waals surface area contributed by atoms with E-state index in [1.54, 1.807) is 36.3 Å². The molecule has 5 rings (SSSR count). The summed E-state index contributed by atoms with van der Waals surface area (Å²) in [6.07, 6.45) is -3.58. The van der Waals surface area contributed by atoms with Crippen molar-refractivity contribution in [3.63, 3.8) is 0 Å². The number of methoxy groups -OCH3 is 2. The smallest absolute Gasteiger partial charge is 0.433 e. The molecule has 0 bridgehead atoms. The van der Waals surface area contributed by atoms with Crippen LogP contribution in [0.3, 0.4) is 0 Å². The number of halogens is 3. The van der Waals surface area contributed by atoms with Gasteiger partial charge in [-0.3, -0.25) is 9.69 Å². The van der Waals surface area contributed by atoms with E-state index >= 15 is 0 Å². The lowest BCUT2D eigenvalue weighted by Gasteiger charge is -2.43. The number of fused-ring (bicyclic) bond motifs is 1. The summed E-state index contributed by atoms with van der Waals surface area (Å²) in [5.74, 6) is 0.810. The Balaban J connectivity index is 1.46. The highest BCUT2D eigenvalue weighted by Gasteiger charge is 2.39. The Morgan fingerprint density at radius 2 is 1.67 bits per heavy atom. The highest BCUT2D eigenvalue weighted by Crippen LogP contribution is 2.37. The third-order valence-electron chi connectivity index (χ3n) is 7.78. The van der Waals surface area contributed by atoms with Crippen LogP contribution in [0, 0.1) is 6.92 Å². The Bertz CT molecular complexity index is 1570. The molecule has 0 radical (unpaired) electrons. The molecule has 1 N–H and O–H groups in total. The summed E-state index contributed by atoms with van der Waals surface area (Å²) in [6, 6.07) is 13.4. The number of aliphatic hydroxyl groups excluding tert-OH is 1. The fourth-order valence-electron chi connectivity index (χ4n) is 5.57. The number of carbonyl (C=O) groups is 1. The summed E-state index contributed by atoms with van der Waals surface area (Å²) < 4.78 is 54.1. The number of aliphatic hydroxyl groups is 1. The summed E-state index contributed by atoms with van der Waals surface area (Å²) in [7, 11) is 3.08. The Hall–Kier alpha value is -4.16. The van der Waals surface area contributed by atoms with Crippen LogP contribution in [-0.2, 0) is 6.18 Å². The second kappa shape index (κ2) is 11.6. The number of ether oxygens (including phenoxy) is 2. The standard InChI is InChI=1S/C30H32F3N5O4/c1-18-16-36(25(17-39)20-5-9-22(41-3)10-6-20)13-14-37(18)29(40)24-15-34-38-27(30(31,32)33)19(2)26(35-28(24)38)21-7-11-23(42-4)12-8-21/h5-12,15,18,25,39H,13-14,16-17H2,1-4H3/t18-,25?/m1/s1. The average molecular weight is 584 g/mol. The van der Waals surface area contributed by atoms with Gasteiger partial charge in [0.2, 0.25) is 0 Å². The van der Waals surface area contributed by atoms with Crippen LogP contribution in [0.1, 0.15) is 40.1 Å². The number of carbonyl (C=O) groups excluding carboxylic acids is 1. The Labute approximate surface area is 241 Å². The van der Waals surface area contributed by atoms with Crippen LogP contribution in [0.25, 0.3) is 16.9 Å². The Morgan fingerprint density at radius 1 is 1.05 bits per heavy atom. The van der Waals surface area contributed by atoms with Gasteiger partial charge in [0.1, 0.15) is 17.1 Å². The molecule has 1 unspecified atom stereocenters. The zero-order chi connectivity index (χ0) is 30.2. The highest BCUT2D eigenvalue weighted by molar-refractivity contribution is 6.00. The number of alkyl halides is 3. The average Bonchev–Trinajstić information content (AvgIpc) is 3.40. The molecule has 1 saturated heterocycles. The van der Waals surface area contributed by atoms with Crippen molar-refractivity contribution in [3.05, 3.63) is 77.1 Å². The molecule has 42 heavy (non-hydrogen) atoms. The van der Waals surface area contributed by atoms with Crippen LogP contribution < -0.4 is 9.47 Å². The first kappa shape index (κ1) is 29.3. The number of piperazine rings is 1. The van der Waals surface area contributed by atoms with Gasteiger partial charge in [0.05, 0.1) is 38.8 Å². The van der Waals surface area contributed by atoms with Gasteiger partial charge in [0.25, 0.3) is 5.91 Å². The molecule has 2 atom stereocenters. The van der Waals surface area contributed by atoms with Gasteiger partial charge in [0, 0.05) is 36.8 Å². The minimum atomic E-state index is -4.74. The maximum Gasteiger partial charge on any atom is 0.433 e. The summed E-state index contributed by atoms with van der Waals surface area (Å²) in [5.41, 5.74) is 0.220. The van der Waals surface area contributed by atoms with E-state index in [4.69, 9.17) is 9.47 Å². The molecule has 4 aromatic rings. The van der Waals surface area contributed by atoms with E-state index in [0.29, 0.717) is 41.2 Å². The van der Waals surface area contributed by atoms with Gasteiger partial charge >= 0.3 is 6.18 Å². The molecule has 1 aliphatic rings. The third kappa shape index (κ3) is 5.39. The molecule has 1 amide bonds. The van der Waals surface area contributed by atoms with Gasteiger partial charge < -0.3 is 19.5 Å². The highest BCUT2D eigenvalue weighted by atomic mass is 19.4. The molecule has 0 spiro atoms. The normalized spacial score (nSPS) is 17.0. The van der Waals surface area contributed by atoms with Crippen LogP contribution in [0.4, 0.5) is 13.2 Å². The molecule has 0 aliphatic carbocycles. The van der Waals surface area contributed by atoms with E-state index in [9.17, 15) is 23.1 Å². The van der Waals surface area contributed by atoms with Gasteiger partial charge in [-0.05, 0) is 55.8 Å². The lowest BCUT2D eigenvalue weighted by molar-refractivity contribution is -0.143. The fourth-order valence-corrected chi connectivity index (χ4v) is 5.57. The maximum atomic E-state index is 14.3. The van der Waals surface area contributed by atoms with Crippen LogP contribution in [0.5, 0.6) is 11.5 Å². The van der Waals surface area contributed by atoms with Crippen LogP contribution in [-0.4, -0.2) is 81.9 Å². The molecule has 3 heterocycles. The molecule has 2 aromatic carbocycles. The second-order valence-corrected chi connectivity index (χ2v) is 10.3. The van der Waals surface area contributed by atoms with Gasteiger partial charge in [0.15, 0.2) is 11.3 Å². The van der Waals surface area contributed by atoms with Crippen molar-refractivity contribution in [2.75, 3.05) is 40.5 Å². The first-order valence-corrected chi connectivity index (χ1v) is 13.5. The molecule has 0 saturated carbocycles. The number of hydrogen-bond donors (Lipinski definition) is 1. The molecule has 1 aliphatic heterocycles. The Kier molecular flexibility index (Phi) is 8.11. The van der Waals surface area contributed by atoms with E-state index < -0.39 is 17.8 Å². The molecule has 9 nitrogen and oxygen atoms in total.